The summed E-state index contributed by atoms with van der Waals surface area (Å²) in [6.07, 6.45) is 3.55. The van der Waals surface area contributed by atoms with Crippen LogP contribution in [0, 0.1) is 11.8 Å². The van der Waals surface area contributed by atoms with Gasteiger partial charge in [-0.05, 0) is 51.5 Å². The molecule has 1 atom stereocenters. The number of likely N-dealkylation sites (tertiary alicyclic amines) is 2. The van der Waals surface area contributed by atoms with Gasteiger partial charge >= 0.3 is 0 Å². The van der Waals surface area contributed by atoms with Crippen LogP contribution in [0.1, 0.15) is 24.8 Å². The van der Waals surface area contributed by atoms with Gasteiger partial charge in [0.15, 0.2) is 0 Å². The minimum atomic E-state index is -0.0749. The minimum absolute atomic E-state index is 0.0749. The van der Waals surface area contributed by atoms with Crippen molar-refractivity contribution in [3.63, 3.8) is 0 Å². The Kier molecular flexibility index (Phi) is 5.55. The number of likely N-dealkylation sites (N-methyl/N-ethyl adjacent to an activating group) is 1. The molecule has 24 heavy (non-hydrogen) atoms. The van der Waals surface area contributed by atoms with Gasteiger partial charge < -0.3 is 9.80 Å². The molecule has 2 heterocycles. The van der Waals surface area contributed by atoms with Crippen molar-refractivity contribution in [3.05, 3.63) is 35.9 Å². The van der Waals surface area contributed by atoms with Crippen LogP contribution in [0.2, 0.25) is 0 Å². The first kappa shape index (κ1) is 17.0. The number of nitrogens with zero attached hydrogens (tertiary/aromatic N) is 3. The quantitative estimate of drug-likeness (QED) is 0.774. The fourth-order valence-electron chi connectivity index (χ4n) is 3.68. The Bertz CT molecular complexity index is 611. The predicted molar refractivity (Wildman–Crippen MR) is 96.6 cm³/mol. The molecule has 0 N–H and O–H groups in total. The second kappa shape index (κ2) is 7.83. The topological polar surface area (TPSA) is 26.8 Å². The Labute approximate surface area is 145 Å². The lowest BCUT2D eigenvalue weighted by molar-refractivity contribution is -0.125. The van der Waals surface area contributed by atoms with E-state index in [1.165, 1.54) is 25.9 Å². The lowest BCUT2D eigenvalue weighted by atomic mass is 10.0. The molecular weight excluding hydrogens is 298 g/mol. The monoisotopic (exact) mass is 325 g/mol. The van der Waals surface area contributed by atoms with Crippen molar-refractivity contribution in [1.29, 1.82) is 0 Å². The van der Waals surface area contributed by atoms with E-state index in [0.29, 0.717) is 12.1 Å². The van der Waals surface area contributed by atoms with Gasteiger partial charge in [0, 0.05) is 43.7 Å². The molecule has 2 aliphatic rings. The average molecular weight is 325 g/mol. The molecule has 1 amide bonds. The van der Waals surface area contributed by atoms with Gasteiger partial charge in [0.25, 0.3) is 5.91 Å². The van der Waals surface area contributed by atoms with E-state index in [1.807, 2.05) is 42.3 Å². The van der Waals surface area contributed by atoms with Gasteiger partial charge in [-0.1, -0.05) is 24.1 Å². The largest absolute Gasteiger partial charge is 0.331 e. The molecule has 2 saturated heterocycles. The van der Waals surface area contributed by atoms with Crippen molar-refractivity contribution in [2.45, 2.75) is 31.3 Å². The van der Waals surface area contributed by atoms with Crippen molar-refractivity contribution < 1.29 is 4.79 Å². The highest BCUT2D eigenvalue weighted by molar-refractivity contribution is 5.94. The highest BCUT2D eigenvalue weighted by Gasteiger charge is 2.32. The lowest BCUT2D eigenvalue weighted by Gasteiger charge is -2.35. The number of rotatable bonds is 2. The van der Waals surface area contributed by atoms with Gasteiger partial charge in [-0.15, -0.1) is 0 Å². The Morgan fingerprint density at radius 1 is 1.12 bits per heavy atom. The van der Waals surface area contributed by atoms with Crippen molar-refractivity contribution in [2.24, 2.45) is 0 Å². The van der Waals surface area contributed by atoms with E-state index >= 15 is 0 Å². The van der Waals surface area contributed by atoms with E-state index < -0.39 is 0 Å². The number of hydrogen-bond acceptors (Lipinski definition) is 3. The molecule has 0 aliphatic carbocycles. The molecule has 128 valence electrons. The summed E-state index contributed by atoms with van der Waals surface area (Å²) in [5, 5.41) is 0. The van der Waals surface area contributed by atoms with Gasteiger partial charge in [0.2, 0.25) is 0 Å². The first-order valence-corrected chi connectivity index (χ1v) is 8.90. The molecule has 2 fully saturated rings. The van der Waals surface area contributed by atoms with Crippen molar-refractivity contribution in [2.75, 3.05) is 40.3 Å². The average Bonchev–Trinajstić information content (AvgIpc) is 3.10. The number of carbonyl (C=O) groups excluding carboxylic acids is 1. The van der Waals surface area contributed by atoms with Crippen molar-refractivity contribution in [1.82, 2.24) is 14.7 Å². The molecule has 1 aromatic rings. The molecule has 3 rings (SSSR count). The smallest absolute Gasteiger partial charge is 0.298 e. The number of carbonyl (C=O) groups is 1. The van der Waals surface area contributed by atoms with Crippen LogP contribution in [0.4, 0.5) is 0 Å². The second-order valence-corrected chi connectivity index (χ2v) is 7.00. The molecule has 1 unspecified atom stereocenters. The standard InChI is InChI=1S/C20H27N3O/c1-21-13-10-18(11-14-21)23-15-12-19(16-23)22(2)20(24)9-8-17-6-4-3-5-7-17/h3-7,18-19H,10-16H2,1-2H3. The Hall–Kier alpha value is -1.83. The maximum absolute atomic E-state index is 12.4. The van der Waals surface area contributed by atoms with E-state index in [-0.39, 0.29) is 5.91 Å². The zero-order valence-electron chi connectivity index (χ0n) is 14.7. The SMILES string of the molecule is CN1CCC(N2CCC(N(C)C(=O)C#Cc3ccccc3)C2)CC1. The molecule has 0 spiro atoms. The minimum Gasteiger partial charge on any atom is -0.331 e. The summed E-state index contributed by atoms with van der Waals surface area (Å²) >= 11 is 0. The van der Waals surface area contributed by atoms with Crippen LogP contribution in [-0.4, -0.2) is 73.0 Å². The van der Waals surface area contributed by atoms with E-state index in [9.17, 15) is 4.79 Å². The zero-order valence-corrected chi connectivity index (χ0v) is 14.7. The summed E-state index contributed by atoms with van der Waals surface area (Å²) in [6, 6.07) is 10.7. The van der Waals surface area contributed by atoms with Crippen LogP contribution in [-0.2, 0) is 4.79 Å². The van der Waals surface area contributed by atoms with Gasteiger partial charge in [-0.2, -0.15) is 0 Å². The van der Waals surface area contributed by atoms with Crippen molar-refractivity contribution >= 4 is 5.91 Å². The van der Waals surface area contributed by atoms with Crippen molar-refractivity contribution in [3.8, 4) is 11.8 Å². The maximum atomic E-state index is 12.4. The number of amides is 1. The zero-order chi connectivity index (χ0) is 16.9. The fraction of sp³-hybridized carbons (Fsp3) is 0.550. The third-order valence-corrected chi connectivity index (χ3v) is 5.35. The summed E-state index contributed by atoms with van der Waals surface area (Å²) < 4.78 is 0. The van der Waals surface area contributed by atoms with Gasteiger partial charge in [-0.3, -0.25) is 9.69 Å². The third kappa shape index (κ3) is 4.17. The van der Waals surface area contributed by atoms with E-state index in [4.69, 9.17) is 0 Å². The van der Waals surface area contributed by atoms with Crippen LogP contribution >= 0.6 is 0 Å². The van der Waals surface area contributed by atoms with Crippen LogP contribution in [0.3, 0.4) is 0 Å². The molecule has 0 radical (unpaired) electrons. The molecule has 4 heteroatoms. The third-order valence-electron chi connectivity index (χ3n) is 5.35. The van der Waals surface area contributed by atoms with Gasteiger partial charge in [-0.25, -0.2) is 0 Å². The molecule has 0 saturated carbocycles. The predicted octanol–water partition coefficient (Wildman–Crippen LogP) is 1.66. The van der Waals surface area contributed by atoms with E-state index in [1.54, 1.807) is 0 Å². The summed E-state index contributed by atoms with van der Waals surface area (Å²) in [7, 11) is 4.09. The summed E-state index contributed by atoms with van der Waals surface area (Å²) in [6.45, 7) is 4.46. The van der Waals surface area contributed by atoms with E-state index in [0.717, 1.165) is 25.1 Å². The molecule has 1 aromatic carbocycles. The Morgan fingerprint density at radius 2 is 1.83 bits per heavy atom. The molecule has 0 bridgehead atoms. The van der Waals surface area contributed by atoms with Gasteiger partial charge in [0.05, 0.1) is 0 Å². The van der Waals surface area contributed by atoms with Crippen LogP contribution < -0.4 is 0 Å². The highest BCUT2D eigenvalue weighted by atomic mass is 16.2. The Morgan fingerprint density at radius 3 is 2.54 bits per heavy atom. The second-order valence-electron chi connectivity index (χ2n) is 7.00. The normalized spacial score (nSPS) is 22.8. The summed E-state index contributed by atoms with van der Waals surface area (Å²) in [4.78, 5) is 19.2. The molecule has 0 aromatic heterocycles. The van der Waals surface area contributed by atoms with Gasteiger partial charge in [0.1, 0.15) is 0 Å². The fourth-order valence-corrected chi connectivity index (χ4v) is 3.68. The lowest BCUT2D eigenvalue weighted by Crippen LogP contribution is -2.44. The number of benzene rings is 1. The highest BCUT2D eigenvalue weighted by Crippen LogP contribution is 2.22. The molecule has 2 aliphatic heterocycles. The first-order chi connectivity index (χ1) is 11.6. The molecule has 4 nitrogen and oxygen atoms in total. The Balaban J connectivity index is 1.53. The van der Waals surface area contributed by atoms with Crippen LogP contribution in [0.5, 0.6) is 0 Å². The number of piperidine rings is 1. The number of hydrogen-bond donors (Lipinski definition) is 0. The molecular formula is C20H27N3O. The first-order valence-electron chi connectivity index (χ1n) is 8.90. The van der Waals surface area contributed by atoms with Crippen LogP contribution in [0.25, 0.3) is 0 Å². The van der Waals surface area contributed by atoms with Crippen LogP contribution in [0.15, 0.2) is 30.3 Å². The van der Waals surface area contributed by atoms with E-state index in [2.05, 4.69) is 28.7 Å². The summed E-state index contributed by atoms with van der Waals surface area (Å²) in [5.41, 5.74) is 0.888. The summed E-state index contributed by atoms with van der Waals surface area (Å²) in [5.74, 6) is 5.68. The maximum Gasteiger partial charge on any atom is 0.298 e.